The molecule has 27 heavy (non-hydrogen) atoms. The van der Waals surface area contributed by atoms with Crippen molar-refractivity contribution in [2.24, 2.45) is 0 Å². The smallest absolute Gasteiger partial charge is 0.253 e. The monoisotopic (exact) mass is 364 g/mol. The highest BCUT2D eigenvalue weighted by Crippen LogP contribution is 2.36. The van der Waals surface area contributed by atoms with Gasteiger partial charge in [0.25, 0.3) is 5.91 Å². The van der Waals surface area contributed by atoms with Gasteiger partial charge in [-0.15, -0.1) is 0 Å². The first-order valence-electron chi connectivity index (χ1n) is 9.48. The molecule has 1 aromatic carbocycles. The number of carbonyl (C=O) groups is 1. The van der Waals surface area contributed by atoms with Crippen molar-refractivity contribution in [1.29, 1.82) is 0 Å². The van der Waals surface area contributed by atoms with Crippen LogP contribution in [0.4, 0.5) is 0 Å². The SMILES string of the molecule is Cc1ccc2nc(C)c(C(=O)NC3(c4noc(C)n4)CCCCC3)cc2c1. The fourth-order valence-electron chi connectivity index (χ4n) is 3.96. The number of nitrogens with one attached hydrogen (secondary N) is 1. The van der Waals surface area contributed by atoms with Gasteiger partial charge in [-0.1, -0.05) is 36.0 Å². The molecule has 0 saturated heterocycles. The maximum Gasteiger partial charge on any atom is 0.253 e. The molecule has 1 saturated carbocycles. The van der Waals surface area contributed by atoms with Crippen LogP contribution in [0.25, 0.3) is 10.9 Å². The summed E-state index contributed by atoms with van der Waals surface area (Å²) in [5.74, 6) is 0.964. The molecule has 1 N–H and O–H groups in total. The van der Waals surface area contributed by atoms with Gasteiger partial charge in [-0.25, -0.2) is 0 Å². The number of rotatable bonds is 3. The summed E-state index contributed by atoms with van der Waals surface area (Å²) in [5, 5.41) is 8.33. The van der Waals surface area contributed by atoms with Crippen molar-refractivity contribution < 1.29 is 9.32 Å². The number of fused-ring (bicyclic) bond motifs is 1. The van der Waals surface area contributed by atoms with Crippen LogP contribution >= 0.6 is 0 Å². The number of amides is 1. The summed E-state index contributed by atoms with van der Waals surface area (Å²) in [6.07, 6.45) is 4.85. The van der Waals surface area contributed by atoms with Gasteiger partial charge in [-0.05, 0) is 44.9 Å². The quantitative estimate of drug-likeness (QED) is 0.756. The van der Waals surface area contributed by atoms with E-state index in [2.05, 4.69) is 26.5 Å². The summed E-state index contributed by atoms with van der Waals surface area (Å²) >= 11 is 0. The highest BCUT2D eigenvalue weighted by Gasteiger charge is 2.40. The first kappa shape index (κ1) is 17.6. The number of aromatic nitrogens is 3. The molecular formula is C21H24N4O2. The Hall–Kier alpha value is -2.76. The minimum absolute atomic E-state index is 0.132. The summed E-state index contributed by atoms with van der Waals surface area (Å²) in [6.45, 7) is 5.68. The van der Waals surface area contributed by atoms with Crippen molar-refractivity contribution >= 4 is 16.8 Å². The van der Waals surface area contributed by atoms with Gasteiger partial charge in [-0.3, -0.25) is 9.78 Å². The van der Waals surface area contributed by atoms with Crippen LogP contribution in [0.1, 0.15) is 65.4 Å². The molecule has 1 amide bonds. The average molecular weight is 364 g/mol. The second-order valence-electron chi connectivity index (χ2n) is 7.55. The van der Waals surface area contributed by atoms with E-state index in [0.717, 1.165) is 54.3 Å². The summed E-state index contributed by atoms with van der Waals surface area (Å²) in [6, 6.07) is 8.00. The normalized spacial score (nSPS) is 16.4. The summed E-state index contributed by atoms with van der Waals surface area (Å²) in [5.41, 5.74) is 2.79. The largest absolute Gasteiger partial charge is 0.340 e. The number of hydrogen-bond donors (Lipinski definition) is 1. The molecule has 6 nitrogen and oxygen atoms in total. The third-order valence-corrected chi connectivity index (χ3v) is 5.42. The van der Waals surface area contributed by atoms with Crippen molar-refractivity contribution in [3.8, 4) is 0 Å². The summed E-state index contributed by atoms with van der Waals surface area (Å²) < 4.78 is 5.20. The van der Waals surface area contributed by atoms with Gasteiger partial charge >= 0.3 is 0 Å². The number of pyridine rings is 1. The Labute approximate surface area is 158 Å². The lowest BCUT2D eigenvalue weighted by Crippen LogP contribution is -2.48. The molecule has 0 spiro atoms. The van der Waals surface area contributed by atoms with Crippen molar-refractivity contribution in [1.82, 2.24) is 20.4 Å². The molecule has 0 unspecified atom stereocenters. The third kappa shape index (κ3) is 3.31. The van der Waals surface area contributed by atoms with E-state index in [1.165, 1.54) is 0 Å². The number of aryl methyl sites for hydroxylation is 3. The van der Waals surface area contributed by atoms with E-state index in [9.17, 15) is 4.79 Å². The second kappa shape index (κ2) is 6.76. The Balaban J connectivity index is 1.71. The fraction of sp³-hybridized carbons (Fsp3) is 0.429. The molecule has 140 valence electrons. The van der Waals surface area contributed by atoms with Gasteiger partial charge in [0, 0.05) is 12.3 Å². The zero-order valence-corrected chi connectivity index (χ0v) is 16.0. The van der Waals surface area contributed by atoms with E-state index in [1.54, 1.807) is 6.92 Å². The molecule has 3 aromatic rings. The van der Waals surface area contributed by atoms with Gasteiger partial charge < -0.3 is 9.84 Å². The van der Waals surface area contributed by atoms with Gasteiger partial charge in [0.2, 0.25) is 5.89 Å². The topological polar surface area (TPSA) is 80.9 Å². The van der Waals surface area contributed by atoms with Crippen LogP contribution < -0.4 is 5.32 Å². The molecule has 0 atom stereocenters. The van der Waals surface area contributed by atoms with Gasteiger partial charge in [-0.2, -0.15) is 4.98 Å². The van der Waals surface area contributed by atoms with Crippen molar-refractivity contribution in [2.75, 3.05) is 0 Å². The van der Waals surface area contributed by atoms with E-state index in [4.69, 9.17) is 4.52 Å². The number of nitrogens with zero attached hydrogens (tertiary/aromatic N) is 3. The highest BCUT2D eigenvalue weighted by molar-refractivity contribution is 5.99. The number of carbonyl (C=O) groups excluding carboxylic acids is 1. The molecule has 2 heterocycles. The standard InChI is InChI=1S/C21H24N4O2/c1-13-7-8-18-16(11-13)12-17(14(2)22-18)19(26)24-21(9-5-4-6-10-21)20-23-15(3)27-25-20/h7-8,11-12H,4-6,9-10H2,1-3H3,(H,24,26). The molecule has 0 bridgehead atoms. The third-order valence-electron chi connectivity index (χ3n) is 5.42. The zero-order valence-electron chi connectivity index (χ0n) is 16.0. The maximum atomic E-state index is 13.2. The lowest BCUT2D eigenvalue weighted by atomic mass is 9.80. The minimum Gasteiger partial charge on any atom is -0.340 e. The Morgan fingerprint density at radius 2 is 1.85 bits per heavy atom. The van der Waals surface area contributed by atoms with E-state index in [0.29, 0.717) is 17.3 Å². The van der Waals surface area contributed by atoms with E-state index in [-0.39, 0.29) is 5.91 Å². The Kier molecular flexibility index (Phi) is 4.42. The second-order valence-corrected chi connectivity index (χ2v) is 7.55. The van der Waals surface area contributed by atoms with E-state index in [1.807, 2.05) is 32.0 Å². The predicted molar refractivity (Wildman–Crippen MR) is 102 cm³/mol. The summed E-state index contributed by atoms with van der Waals surface area (Å²) in [7, 11) is 0. The first-order chi connectivity index (χ1) is 13.0. The Morgan fingerprint density at radius 1 is 1.07 bits per heavy atom. The van der Waals surface area contributed by atoms with Crippen LogP contribution in [0.5, 0.6) is 0 Å². The average Bonchev–Trinajstić information content (AvgIpc) is 3.09. The van der Waals surface area contributed by atoms with Crippen molar-refractivity contribution in [3.05, 3.63) is 52.8 Å². The van der Waals surface area contributed by atoms with Crippen LogP contribution in [-0.2, 0) is 5.54 Å². The zero-order chi connectivity index (χ0) is 19.0. The van der Waals surface area contributed by atoms with Gasteiger partial charge in [0.1, 0.15) is 5.54 Å². The van der Waals surface area contributed by atoms with Crippen LogP contribution in [0, 0.1) is 20.8 Å². The fourth-order valence-corrected chi connectivity index (χ4v) is 3.96. The van der Waals surface area contributed by atoms with E-state index >= 15 is 0 Å². The molecule has 0 radical (unpaired) electrons. The molecule has 1 fully saturated rings. The molecule has 1 aliphatic rings. The van der Waals surface area contributed by atoms with Gasteiger partial charge in [0.05, 0.1) is 16.8 Å². The van der Waals surface area contributed by atoms with Crippen LogP contribution in [-0.4, -0.2) is 21.0 Å². The Morgan fingerprint density at radius 3 is 2.56 bits per heavy atom. The maximum absolute atomic E-state index is 13.2. The Bertz CT molecular complexity index is 1000. The molecule has 6 heteroatoms. The van der Waals surface area contributed by atoms with Crippen LogP contribution in [0.2, 0.25) is 0 Å². The highest BCUT2D eigenvalue weighted by atomic mass is 16.5. The van der Waals surface area contributed by atoms with Crippen LogP contribution in [0.15, 0.2) is 28.8 Å². The first-order valence-corrected chi connectivity index (χ1v) is 9.48. The van der Waals surface area contributed by atoms with Crippen molar-refractivity contribution in [3.63, 3.8) is 0 Å². The predicted octanol–water partition coefficient (Wildman–Crippen LogP) is 4.13. The molecule has 4 rings (SSSR count). The molecule has 1 aliphatic carbocycles. The molecule has 2 aromatic heterocycles. The molecule has 0 aliphatic heterocycles. The van der Waals surface area contributed by atoms with Crippen molar-refractivity contribution in [2.45, 2.75) is 58.4 Å². The van der Waals surface area contributed by atoms with Gasteiger partial charge in [0.15, 0.2) is 5.82 Å². The number of hydrogen-bond acceptors (Lipinski definition) is 5. The minimum atomic E-state index is -0.568. The summed E-state index contributed by atoms with van der Waals surface area (Å²) in [4.78, 5) is 22.3. The van der Waals surface area contributed by atoms with Crippen LogP contribution in [0.3, 0.4) is 0 Å². The lowest BCUT2D eigenvalue weighted by molar-refractivity contribution is 0.0854. The van der Waals surface area contributed by atoms with E-state index < -0.39 is 5.54 Å². The lowest BCUT2D eigenvalue weighted by Gasteiger charge is -2.35. The number of benzene rings is 1. The molecular weight excluding hydrogens is 340 g/mol.